The topological polar surface area (TPSA) is 54.0 Å². The normalized spacial score (nSPS) is 11.3. The molecule has 0 fully saturated rings. The first-order valence-corrected chi connectivity index (χ1v) is 6.95. The van der Waals surface area contributed by atoms with Crippen molar-refractivity contribution >= 4 is 11.7 Å². The van der Waals surface area contributed by atoms with Gasteiger partial charge in [-0.25, -0.2) is 4.98 Å². The second-order valence-electron chi connectivity index (χ2n) is 4.71. The van der Waals surface area contributed by atoms with Crippen LogP contribution in [0.1, 0.15) is 42.7 Å². The van der Waals surface area contributed by atoms with E-state index >= 15 is 0 Å². The van der Waals surface area contributed by atoms with Crippen LogP contribution in [0.2, 0.25) is 0 Å². The molecule has 21 heavy (non-hydrogen) atoms. The number of hydrogen-bond acceptors (Lipinski definition) is 3. The van der Waals surface area contributed by atoms with Crippen molar-refractivity contribution in [2.24, 2.45) is 0 Å². The number of rotatable bonds is 7. The van der Waals surface area contributed by atoms with Crippen LogP contribution in [0.4, 0.5) is 19.0 Å². The van der Waals surface area contributed by atoms with E-state index in [0.717, 1.165) is 12.8 Å². The molecule has 0 spiro atoms. The molecule has 0 atom stereocenters. The van der Waals surface area contributed by atoms with Gasteiger partial charge in [0.15, 0.2) is 0 Å². The van der Waals surface area contributed by atoms with Gasteiger partial charge in [-0.1, -0.05) is 20.3 Å². The van der Waals surface area contributed by atoms with E-state index in [9.17, 15) is 18.0 Å². The number of amides is 1. The van der Waals surface area contributed by atoms with E-state index in [-0.39, 0.29) is 5.56 Å². The molecule has 0 saturated heterocycles. The van der Waals surface area contributed by atoms with Gasteiger partial charge in [-0.3, -0.25) is 4.79 Å². The number of aromatic nitrogens is 1. The summed E-state index contributed by atoms with van der Waals surface area (Å²) in [7, 11) is 0. The average Bonchev–Trinajstić information content (AvgIpc) is 2.42. The van der Waals surface area contributed by atoms with Crippen molar-refractivity contribution in [3.8, 4) is 0 Å². The number of nitrogens with zero attached hydrogens (tertiary/aromatic N) is 1. The van der Waals surface area contributed by atoms with Crippen molar-refractivity contribution in [2.75, 3.05) is 18.4 Å². The average molecular weight is 303 g/mol. The van der Waals surface area contributed by atoms with Gasteiger partial charge >= 0.3 is 6.18 Å². The zero-order valence-electron chi connectivity index (χ0n) is 12.2. The first-order chi connectivity index (χ1) is 9.85. The summed E-state index contributed by atoms with van der Waals surface area (Å²) in [5.74, 6) is -0.230. The zero-order chi connectivity index (χ0) is 15.9. The molecule has 0 bridgehead atoms. The lowest BCUT2D eigenvalue weighted by Gasteiger charge is -2.11. The van der Waals surface area contributed by atoms with Crippen LogP contribution in [0.3, 0.4) is 0 Å². The Hall–Kier alpha value is -1.79. The number of pyridine rings is 1. The molecule has 1 rings (SSSR count). The molecule has 1 amide bonds. The molecule has 0 aliphatic rings. The third kappa shape index (κ3) is 6.46. The highest BCUT2D eigenvalue weighted by Gasteiger charge is 2.28. The Morgan fingerprint density at radius 3 is 2.52 bits per heavy atom. The fourth-order valence-electron chi connectivity index (χ4n) is 1.73. The van der Waals surface area contributed by atoms with Gasteiger partial charge in [0.1, 0.15) is 12.4 Å². The van der Waals surface area contributed by atoms with Gasteiger partial charge in [-0.05, 0) is 25.0 Å². The molecule has 0 aliphatic heterocycles. The summed E-state index contributed by atoms with van der Waals surface area (Å²) < 4.78 is 36.4. The van der Waals surface area contributed by atoms with E-state index in [0.29, 0.717) is 24.5 Å². The SMILES string of the molecule is CCCNc1cc(C(=O)NCC(F)(F)F)cc(CCC)n1. The first kappa shape index (κ1) is 17.3. The maximum atomic E-state index is 12.1. The van der Waals surface area contributed by atoms with E-state index in [1.165, 1.54) is 12.1 Å². The Kier molecular flexibility index (Phi) is 6.45. The van der Waals surface area contributed by atoms with Crippen LogP contribution < -0.4 is 10.6 Å². The van der Waals surface area contributed by atoms with Gasteiger partial charge in [0.25, 0.3) is 5.91 Å². The van der Waals surface area contributed by atoms with Crippen molar-refractivity contribution in [3.05, 3.63) is 23.4 Å². The van der Waals surface area contributed by atoms with Gasteiger partial charge in [-0.2, -0.15) is 13.2 Å². The second kappa shape index (κ2) is 7.85. The van der Waals surface area contributed by atoms with Crippen molar-refractivity contribution in [1.29, 1.82) is 0 Å². The lowest BCUT2D eigenvalue weighted by Crippen LogP contribution is -2.33. The molecule has 118 valence electrons. The molecule has 0 unspecified atom stereocenters. The molecule has 1 aromatic heterocycles. The molecule has 0 radical (unpaired) electrons. The van der Waals surface area contributed by atoms with Crippen LogP contribution in [-0.4, -0.2) is 30.2 Å². The van der Waals surface area contributed by atoms with Crippen LogP contribution in [0.5, 0.6) is 0 Å². The first-order valence-electron chi connectivity index (χ1n) is 6.95. The standard InChI is InChI=1S/C14H20F3N3O/c1-3-5-11-7-10(8-12(20-11)18-6-4-2)13(21)19-9-14(15,16)17/h7-8H,3-6,9H2,1-2H3,(H,18,20)(H,19,21). The Labute approximate surface area is 122 Å². The van der Waals surface area contributed by atoms with Gasteiger partial charge in [0.2, 0.25) is 0 Å². The third-order valence-electron chi connectivity index (χ3n) is 2.65. The number of alkyl halides is 3. The van der Waals surface area contributed by atoms with Gasteiger partial charge in [0.05, 0.1) is 0 Å². The van der Waals surface area contributed by atoms with Crippen LogP contribution in [0.15, 0.2) is 12.1 Å². The lowest BCUT2D eigenvalue weighted by atomic mass is 10.1. The molecule has 4 nitrogen and oxygen atoms in total. The van der Waals surface area contributed by atoms with E-state index < -0.39 is 18.6 Å². The number of hydrogen-bond donors (Lipinski definition) is 2. The summed E-state index contributed by atoms with van der Waals surface area (Å²) in [6.07, 6.45) is -2.03. The van der Waals surface area contributed by atoms with Crippen LogP contribution >= 0.6 is 0 Å². The monoisotopic (exact) mass is 303 g/mol. The van der Waals surface area contributed by atoms with Crippen molar-refractivity contribution in [3.63, 3.8) is 0 Å². The molecule has 2 N–H and O–H groups in total. The Morgan fingerprint density at radius 1 is 1.24 bits per heavy atom. The van der Waals surface area contributed by atoms with E-state index in [1.54, 1.807) is 0 Å². The molecule has 0 saturated carbocycles. The lowest BCUT2D eigenvalue weighted by molar-refractivity contribution is -0.123. The fourth-order valence-corrected chi connectivity index (χ4v) is 1.73. The highest BCUT2D eigenvalue weighted by atomic mass is 19.4. The third-order valence-corrected chi connectivity index (χ3v) is 2.65. The Balaban J connectivity index is 2.87. The fraction of sp³-hybridized carbons (Fsp3) is 0.571. The smallest absolute Gasteiger partial charge is 0.370 e. The van der Waals surface area contributed by atoms with Crippen molar-refractivity contribution < 1.29 is 18.0 Å². The summed E-state index contributed by atoms with van der Waals surface area (Å²) in [5, 5.41) is 4.92. The van der Waals surface area contributed by atoms with E-state index in [1.807, 2.05) is 19.2 Å². The number of nitrogens with one attached hydrogen (secondary N) is 2. The minimum atomic E-state index is -4.42. The Bertz CT molecular complexity index is 475. The number of aryl methyl sites for hydroxylation is 1. The highest BCUT2D eigenvalue weighted by molar-refractivity contribution is 5.95. The van der Waals surface area contributed by atoms with Crippen LogP contribution in [-0.2, 0) is 6.42 Å². The summed E-state index contributed by atoms with van der Waals surface area (Å²) in [6, 6.07) is 3.01. The zero-order valence-corrected chi connectivity index (χ0v) is 12.2. The van der Waals surface area contributed by atoms with Gasteiger partial charge in [0, 0.05) is 17.8 Å². The van der Waals surface area contributed by atoms with E-state index in [2.05, 4.69) is 10.3 Å². The molecule has 1 heterocycles. The van der Waals surface area contributed by atoms with Crippen molar-refractivity contribution in [1.82, 2.24) is 10.3 Å². The maximum absolute atomic E-state index is 12.1. The van der Waals surface area contributed by atoms with Gasteiger partial charge in [-0.15, -0.1) is 0 Å². The predicted molar refractivity (Wildman–Crippen MR) is 75.4 cm³/mol. The van der Waals surface area contributed by atoms with Crippen LogP contribution in [0, 0.1) is 0 Å². The summed E-state index contributed by atoms with van der Waals surface area (Å²) >= 11 is 0. The van der Waals surface area contributed by atoms with Crippen LogP contribution in [0.25, 0.3) is 0 Å². The summed E-state index contributed by atoms with van der Waals surface area (Å²) in [6.45, 7) is 3.30. The summed E-state index contributed by atoms with van der Waals surface area (Å²) in [4.78, 5) is 16.1. The quantitative estimate of drug-likeness (QED) is 0.813. The minimum Gasteiger partial charge on any atom is -0.370 e. The highest BCUT2D eigenvalue weighted by Crippen LogP contribution is 2.15. The minimum absolute atomic E-state index is 0.191. The molecule has 7 heteroatoms. The molecule has 0 aromatic carbocycles. The number of carbonyl (C=O) groups excluding carboxylic acids is 1. The summed E-state index contributed by atoms with van der Waals surface area (Å²) in [5.41, 5.74) is 0.882. The molecular formula is C14H20F3N3O. The van der Waals surface area contributed by atoms with E-state index in [4.69, 9.17) is 0 Å². The van der Waals surface area contributed by atoms with Gasteiger partial charge < -0.3 is 10.6 Å². The number of anilines is 1. The maximum Gasteiger partial charge on any atom is 0.405 e. The second-order valence-corrected chi connectivity index (χ2v) is 4.71. The molecular weight excluding hydrogens is 283 g/mol. The molecule has 1 aromatic rings. The van der Waals surface area contributed by atoms with Crippen molar-refractivity contribution in [2.45, 2.75) is 39.3 Å². The molecule has 0 aliphatic carbocycles. The number of halogens is 3. The predicted octanol–water partition coefficient (Wildman–Crippen LogP) is 3.15. The number of carbonyl (C=O) groups is 1. The largest absolute Gasteiger partial charge is 0.405 e. The Morgan fingerprint density at radius 2 is 1.95 bits per heavy atom.